The second-order valence-electron chi connectivity index (χ2n) is 9.31. The van der Waals surface area contributed by atoms with Gasteiger partial charge in [-0.2, -0.15) is 0 Å². The van der Waals surface area contributed by atoms with Gasteiger partial charge in [-0.25, -0.2) is 8.78 Å². The van der Waals surface area contributed by atoms with Crippen molar-refractivity contribution < 1.29 is 27.5 Å². The molecule has 1 atom stereocenters. The van der Waals surface area contributed by atoms with Crippen molar-refractivity contribution in [2.24, 2.45) is 0 Å². The van der Waals surface area contributed by atoms with Gasteiger partial charge in [0.1, 0.15) is 34.7 Å². The minimum atomic E-state index is -1.88. The highest BCUT2D eigenvalue weighted by Gasteiger charge is 2.38. The van der Waals surface area contributed by atoms with Gasteiger partial charge in [-0.3, -0.25) is 4.90 Å². The Balaban J connectivity index is 1.46. The first-order valence-corrected chi connectivity index (χ1v) is 12.1. The van der Waals surface area contributed by atoms with Crippen LogP contribution in [-0.2, 0) is 23.4 Å². The first-order chi connectivity index (χ1) is 17.4. The number of aryl methyl sites for hydroxylation is 1. The summed E-state index contributed by atoms with van der Waals surface area (Å²) in [6, 6.07) is 18.6. The van der Waals surface area contributed by atoms with Crippen LogP contribution in [0.15, 0.2) is 81.6 Å². The number of rotatable bonds is 9. The van der Waals surface area contributed by atoms with Crippen LogP contribution in [0.3, 0.4) is 0 Å². The molecule has 3 heterocycles. The maximum absolute atomic E-state index is 14.1. The van der Waals surface area contributed by atoms with Crippen molar-refractivity contribution in [3.05, 3.63) is 119 Å². The van der Waals surface area contributed by atoms with Crippen molar-refractivity contribution in [2.75, 3.05) is 13.2 Å². The monoisotopic (exact) mass is 493 g/mol. The summed E-state index contributed by atoms with van der Waals surface area (Å²) in [7, 11) is 0. The lowest BCUT2D eigenvalue weighted by molar-refractivity contribution is 0.0604. The molecule has 36 heavy (non-hydrogen) atoms. The SMILES string of the molecule is Cc1ccc(CN(Cc2ccc(C(O)(c3cccc(F)c3)c3cccc(F)c3)o2)CC2CCCO2)o1. The molecule has 0 radical (unpaired) electrons. The summed E-state index contributed by atoms with van der Waals surface area (Å²) < 4.78 is 46.1. The fourth-order valence-corrected chi connectivity index (χ4v) is 4.81. The fourth-order valence-electron chi connectivity index (χ4n) is 4.81. The highest BCUT2D eigenvalue weighted by molar-refractivity contribution is 5.44. The van der Waals surface area contributed by atoms with Gasteiger partial charge < -0.3 is 18.7 Å². The molecule has 2 aromatic carbocycles. The minimum Gasteiger partial charge on any atom is -0.465 e. The van der Waals surface area contributed by atoms with Crippen LogP contribution < -0.4 is 0 Å². The van der Waals surface area contributed by atoms with Crippen molar-refractivity contribution in [3.63, 3.8) is 0 Å². The van der Waals surface area contributed by atoms with Gasteiger partial charge in [0.05, 0.1) is 19.2 Å². The maximum atomic E-state index is 14.1. The number of nitrogens with zero attached hydrogens (tertiary/aromatic N) is 1. The Morgan fingerprint density at radius 3 is 2.08 bits per heavy atom. The molecular formula is C29H29F2NO4. The number of halogens is 2. The van der Waals surface area contributed by atoms with E-state index in [9.17, 15) is 13.9 Å². The molecule has 0 spiro atoms. The van der Waals surface area contributed by atoms with Gasteiger partial charge in [0.25, 0.3) is 0 Å². The predicted octanol–water partition coefficient (Wildman–Crippen LogP) is 5.92. The lowest BCUT2D eigenvalue weighted by Crippen LogP contribution is -2.31. The lowest BCUT2D eigenvalue weighted by atomic mass is 9.84. The number of aliphatic hydroxyl groups is 1. The molecule has 1 aliphatic rings. The molecule has 1 aliphatic heterocycles. The van der Waals surface area contributed by atoms with E-state index in [-0.39, 0.29) is 23.0 Å². The Hall–Kier alpha value is -3.26. The number of hydrogen-bond donors (Lipinski definition) is 1. The van der Waals surface area contributed by atoms with Crippen LogP contribution in [0, 0.1) is 18.6 Å². The standard InChI is InChI=1S/C29H29F2NO4/c1-20-10-11-26(35-20)18-32(17-25-9-4-14-34-25)19-27-12-13-28(36-27)29(33,21-5-2-7-23(30)15-21)22-6-3-8-24(31)16-22/h2-3,5-8,10-13,15-16,25,33H,4,9,14,17-19H2,1H3. The smallest absolute Gasteiger partial charge is 0.173 e. The van der Waals surface area contributed by atoms with Crippen molar-refractivity contribution >= 4 is 0 Å². The first kappa shape index (κ1) is 24.4. The van der Waals surface area contributed by atoms with E-state index >= 15 is 0 Å². The Morgan fingerprint density at radius 1 is 0.889 bits per heavy atom. The summed E-state index contributed by atoms with van der Waals surface area (Å²) in [5, 5.41) is 11.9. The van der Waals surface area contributed by atoms with E-state index in [4.69, 9.17) is 13.6 Å². The number of furan rings is 2. The first-order valence-electron chi connectivity index (χ1n) is 12.1. The van der Waals surface area contributed by atoms with E-state index in [1.54, 1.807) is 24.3 Å². The minimum absolute atomic E-state index is 0.131. The van der Waals surface area contributed by atoms with Crippen molar-refractivity contribution in [1.82, 2.24) is 4.90 Å². The Labute approximate surface area is 208 Å². The van der Waals surface area contributed by atoms with E-state index in [1.165, 1.54) is 36.4 Å². The molecule has 4 aromatic rings. The van der Waals surface area contributed by atoms with Crippen molar-refractivity contribution in [2.45, 2.75) is 44.6 Å². The summed E-state index contributed by atoms with van der Waals surface area (Å²) in [6.07, 6.45) is 2.17. The van der Waals surface area contributed by atoms with Crippen LogP contribution in [0.2, 0.25) is 0 Å². The maximum Gasteiger partial charge on any atom is 0.173 e. The van der Waals surface area contributed by atoms with Crippen LogP contribution in [0.4, 0.5) is 8.78 Å². The Kier molecular flexibility index (Phi) is 7.05. The number of benzene rings is 2. The summed E-state index contributed by atoms with van der Waals surface area (Å²) >= 11 is 0. The van der Waals surface area contributed by atoms with E-state index < -0.39 is 17.2 Å². The summed E-state index contributed by atoms with van der Waals surface area (Å²) in [6.45, 7) is 4.39. The van der Waals surface area contributed by atoms with Gasteiger partial charge in [-0.1, -0.05) is 24.3 Å². The summed E-state index contributed by atoms with van der Waals surface area (Å²) in [5.41, 5.74) is -1.38. The van der Waals surface area contributed by atoms with Gasteiger partial charge in [-0.05, 0) is 79.4 Å². The van der Waals surface area contributed by atoms with Crippen LogP contribution in [-0.4, -0.2) is 29.3 Å². The second-order valence-corrected chi connectivity index (χ2v) is 9.31. The van der Waals surface area contributed by atoms with Crippen molar-refractivity contribution in [1.29, 1.82) is 0 Å². The molecule has 1 N–H and O–H groups in total. The molecule has 2 aromatic heterocycles. The molecule has 7 heteroatoms. The summed E-state index contributed by atoms with van der Waals surface area (Å²) in [5.74, 6) is 1.46. The number of ether oxygens (including phenoxy) is 1. The quantitative estimate of drug-likeness (QED) is 0.313. The molecule has 0 aliphatic carbocycles. The molecule has 0 amide bonds. The van der Waals surface area contributed by atoms with Gasteiger partial charge in [0, 0.05) is 13.2 Å². The van der Waals surface area contributed by atoms with E-state index in [1.807, 2.05) is 19.1 Å². The molecular weight excluding hydrogens is 464 g/mol. The number of hydrogen-bond acceptors (Lipinski definition) is 5. The van der Waals surface area contributed by atoms with Gasteiger partial charge >= 0.3 is 0 Å². The van der Waals surface area contributed by atoms with Gasteiger partial charge in [0.2, 0.25) is 0 Å². The zero-order chi connectivity index (χ0) is 25.1. The molecule has 0 bridgehead atoms. The van der Waals surface area contributed by atoms with Crippen LogP contribution in [0.5, 0.6) is 0 Å². The van der Waals surface area contributed by atoms with E-state index in [0.717, 1.165) is 31.0 Å². The normalized spacial score (nSPS) is 16.2. The second kappa shape index (κ2) is 10.4. The zero-order valence-electron chi connectivity index (χ0n) is 20.1. The topological polar surface area (TPSA) is 59.0 Å². The highest BCUT2D eigenvalue weighted by Crippen LogP contribution is 2.38. The van der Waals surface area contributed by atoms with Crippen LogP contribution in [0.1, 0.15) is 47.0 Å². The largest absolute Gasteiger partial charge is 0.465 e. The molecule has 1 saturated heterocycles. The molecule has 188 valence electrons. The Morgan fingerprint density at radius 2 is 1.53 bits per heavy atom. The van der Waals surface area contributed by atoms with E-state index in [2.05, 4.69) is 4.90 Å². The third-order valence-corrected chi connectivity index (χ3v) is 6.54. The average molecular weight is 494 g/mol. The Bertz CT molecular complexity index is 1260. The molecule has 5 nitrogen and oxygen atoms in total. The van der Waals surface area contributed by atoms with Gasteiger partial charge in [0.15, 0.2) is 5.60 Å². The predicted molar refractivity (Wildman–Crippen MR) is 130 cm³/mol. The third-order valence-electron chi connectivity index (χ3n) is 6.54. The molecule has 0 saturated carbocycles. The molecule has 1 unspecified atom stereocenters. The average Bonchev–Trinajstić information content (AvgIpc) is 3.62. The molecule has 5 rings (SSSR count). The van der Waals surface area contributed by atoms with Crippen LogP contribution in [0.25, 0.3) is 0 Å². The summed E-state index contributed by atoms with van der Waals surface area (Å²) in [4.78, 5) is 2.18. The van der Waals surface area contributed by atoms with Crippen LogP contribution >= 0.6 is 0 Å². The lowest BCUT2D eigenvalue weighted by Gasteiger charge is -2.28. The van der Waals surface area contributed by atoms with Crippen molar-refractivity contribution in [3.8, 4) is 0 Å². The molecule has 1 fully saturated rings. The fraction of sp³-hybridized carbons (Fsp3) is 0.310. The third kappa shape index (κ3) is 5.28. The highest BCUT2D eigenvalue weighted by atomic mass is 19.1. The van der Waals surface area contributed by atoms with Gasteiger partial charge in [-0.15, -0.1) is 0 Å². The van der Waals surface area contributed by atoms with E-state index in [0.29, 0.717) is 25.4 Å². The zero-order valence-corrected chi connectivity index (χ0v) is 20.1.